The molecule has 48 valence electrons. The SMILES string of the molecule is O=P1(F)OCC(F)O1. The van der Waals surface area contributed by atoms with E-state index in [1.54, 1.807) is 0 Å². The van der Waals surface area contributed by atoms with Crippen molar-refractivity contribution in [2.24, 2.45) is 0 Å². The molecular weight excluding hydrogens is 141 g/mol. The standard InChI is InChI=1S/C2H3F2O3P/c3-2-1-6-8(4,5)7-2/h2H,1H2. The van der Waals surface area contributed by atoms with Crippen molar-refractivity contribution in [1.82, 2.24) is 0 Å². The van der Waals surface area contributed by atoms with Crippen molar-refractivity contribution in [3.8, 4) is 0 Å². The van der Waals surface area contributed by atoms with Crippen LogP contribution in [0, 0.1) is 0 Å². The Bertz CT molecular complexity index is 137. The molecule has 1 heterocycles. The van der Waals surface area contributed by atoms with Crippen LogP contribution in [0.5, 0.6) is 0 Å². The zero-order valence-electron chi connectivity index (χ0n) is 3.71. The second-order valence-electron chi connectivity index (χ2n) is 1.24. The van der Waals surface area contributed by atoms with Crippen LogP contribution in [0.15, 0.2) is 0 Å². The quantitative estimate of drug-likeness (QED) is 0.482. The van der Waals surface area contributed by atoms with Gasteiger partial charge in [-0.2, -0.15) is 0 Å². The molecule has 0 aromatic carbocycles. The predicted octanol–water partition coefficient (Wildman–Crippen LogP) is 1.41. The third-order valence-electron chi connectivity index (χ3n) is 0.600. The van der Waals surface area contributed by atoms with E-state index in [1.807, 2.05) is 0 Å². The van der Waals surface area contributed by atoms with Crippen LogP contribution in [0.1, 0.15) is 0 Å². The Hall–Kier alpha value is 0.01000. The lowest BCUT2D eigenvalue weighted by atomic mass is 10.8. The second kappa shape index (κ2) is 1.76. The van der Waals surface area contributed by atoms with Gasteiger partial charge in [0, 0.05) is 0 Å². The Morgan fingerprint density at radius 1 is 1.75 bits per heavy atom. The highest BCUT2D eigenvalue weighted by molar-refractivity contribution is 7.48. The molecule has 2 unspecified atom stereocenters. The molecule has 1 fully saturated rings. The fourth-order valence-electron chi connectivity index (χ4n) is 0.345. The van der Waals surface area contributed by atoms with Crippen LogP contribution in [-0.4, -0.2) is 13.0 Å². The summed E-state index contributed by atoms with van der Waals surface area (Å²) in [4.78, 5) is 0. The van der Waals surface area contributed by atoms with Gasteiger partial charge in [-0.05, 0) is 0 Å². The molecule has 0 amide bonds. The van der Waals surface area contributed by atoms with Gasteiger partial charge in [-0.25, -0.2) is 13.5 Å². The zero-order valence-corrected chi connectivity index (χ0v) is 4.61. The zero-order chi connectivity index (χ0) is 6.20. The molecular formula is C2H3F2O3P. The molecule has 1 aliphatic heterocycles. The minimum absolute atomic E-state index is 0.576. The fraction of sp³-hybridized carbons (Fsp3) is 1.00. The molecule has 2 atom stereocenters. The lowest BCUT2D eigenvalue weighted by molar-refractivity contribution is 0.0870. The minimum Gasteiger partial charge on any atom is -0.278 e. The van der Waals surface area contributed by atoms with Crippen LogP contribution >= 0.6 is 7.91 Å². The van der Waals surface area contributed by atoms with E-state index in [4.69, 9.17) is 0 Å². The Balaban J connectivity index is 2.57. The first-order valence-electron chi connectivity index (χ1n) is 1.87. The summed E-state index contributed by atoms with van der Waals surface area (Å²) in [6, 6.07) is 0. The molecule has 1 aliphatic rings. The molecule has 0 saturated carbocycles. The molecule has 3 nitrogen and oxygen atoms in total. The Kier molecular flexibility index (Phi) is 1.35. The smallest absolute Gasteiger partial charge is 0.278 e. The summed E-state index contributed by atoms with van der Waals surface area (Å²) in [5.41, 5.74) is 0. The van der Waals surface area contributed by atoms with E-state index >= 15 is 0 Å². The van der Waals surface area contributed by atoms with Gasteiger partial charge in [0.2, 0.25) is 6.36 Å². The van der Waals surface area contributed by atoms with Gasteiger partial charge in [0.05, 0.1) is 0 Å². The molecule has 0 aromatic heterocycles. The highest BCUT2D eigenvalue weighted by atomic mass is 31.2. The van der Waals surface area contributed by atoms with E-state index in [1.165, 1.54) is 0 Å². The molecule has 0 bridgehead atoms. The Morgan fingerprint density at radius 2 is 2.38 bits per heavy atom. The van der Waals surface area contributed by atoms with Crippen molar-refractivity contribution in [2.75, 3.05) is 6.61 Å². The number of hydrogen-bond donors (Lipinski definition) is 0. The molecule has 0 N–H and O–H groups in total. The summed E-state index contributed by atoms with van der Waals surface area (Å²) < 4.78 is 40.6. The molecule has 8 heavy (non-hydrogen) atoms. The van der Waals surface area contributed by atoms with Gasteiger partial charge in [0.1, 0.15) is 6.61 Å². The molecule has 0 radical (unpaired) electrons. The Morgan fingerprint density at radius 3 is 2.50 bits per heavy atom. The Labute approximate surface area is 44.2 Å². The van der Waals surface area contributed by atoms with Crippen molar-refractivity contribution in [2.45, 2.75) is 6.36 Å². The van der Waals surface area contributed by atoms with E-state index in [0.29, 0.717) is 0 Å². The summed E-state index contributed by atoms with van der Waals surface area (Å²) in [5.74, 6) is 0. The number of rotatable bonds is 0. The second-order valence-corrected chi connectivity index (χ2v) is 2.57. The summed E-state index contributed by atoms with van der Waals surface area (Å²) in [6.45, 7) is -0.576. The van der Waals surface area contributed by atoms with E-state index in [-0.39, 0.29) is 0 Å². The monoisotopic (exact) mass is 144 g/mol. The maximum atomic E-state index is 11.7. The molecule has 0 aromatic rings. The van der Waals surface area contributed by atoms with Crippen LogP contribution in [0.4, 0.5) is 8.59 Å². The van der Waals surface area contributed by atoms with Gasteiger partial charge < -0.3 is 0 Å². The van der Waals surface area contributed by atoms with Crippen LogP contribution < -0.4 is 0 Å². The highest BCUT2D eigenvalue weighted by Gasteiger charge is 2.37. The summed E-state index contributed by atoms with van der Waals surface area (Å²) >= 11 is 0. The van der Waals surface area contributed by atoms with Gasteiger partial charge in [0.15, 0.2) is 0 Å². The maximum absolute atomic E-state index is 11.7. The van der Waals surface area contributed by atoms with Gasteiger partial charge in [0.25, 0.3) is 0 Å². The average Bonchev–Trinajstić information content (AvgIpc) is 1.82. The van der Waals surface area contributed by atoms with Crippen molar-refractivity contribution in [3.05, 3.63) is 0 Å². The first-order valence-corrected chi connectivity index (χ1v) is 3.30. The summed E-state index contributed by atoms with van der Waals surface area (Å²) in [7, 11) is -4.47. The number of alkyl halides is 1. The lowest BCUT2D eigenvalue weighted by Crippen LogP contribution is -1.97. The highest BCUT2D eigenvalue weighted by Crippen LogP contribution is 2.55. The first kappa shape index (κ1) is 6.13. The van der Waals surface area contributed by atoms with Crippen LogP contribution in [-0.2, 0) is 13.6 Å². The van der Waals surface area contributed by atoms with Crippen LogP contribution in [0.2, 0.25) is 0 Å². The summed E-state index contributed by atoms with van der Waals surface area (Å²) in [6.07, 6.45) is -1.87. The molecule has 1 rings (SSSR count). The largest absolute Gasteiger partial charge is 0.515 e. The first-order chi connectivity index (χ1) is 3.60. The van der Waals surface area contributed by atoms with Crippen LogP contribution in [0.3, 0.4) is 0 Å². The number of hydrogen-bond acceptors (Lipinski definition) is 3. The minimum atomic E-state index is -4.47. The van der Waals surface area contributed by atoms with Crippen molar-refractivity contribution < 1.29 is 22.2 Å². The van der Waals surface area contributed by atoms with E-state index < -0.39 is 20.9 Å². The topological polar surface area (TPSA) is 35.5 Å². The normalized spacial score (nSPS) is 47.5. The van der Waals surface area contributed by atoms with E-state index in [2.05, 4.69) is 9.05 Å². The molecule has 1 saturated heterocycles. The van der Waals surface area contributed by atoms with Crippen molar-refractivity contribution in [1.29, 1.82) is 0 Å². The van der Waals surface area contributed by atoms with Gasteiger partial charge >= 0.3 is 7.91 Å². The van der Waals surface area contributed by atoms with Crippen molar-refractivity contribution >= 4 is 7.91 Å². The third kappa shape index (κ3) is 1.24. The molecule has 0 aliphatic carbocycles. The molecule has 0 spiro atoms. The lowest BCUT2D eigenvalue weighted by Gasteiger charge is -1.92. The molecule has 6 heteroatoms. The van der Waals surface area contributed by atoms with Crippen molar-refractivity contribution in [3.63, 3.8) is 0 Å². The maximum Gasteiger partial charge on any atom is 0.515 e. The van der Waals surface area contributed by atoms with Gasteiger partial charge in [-0.15, -0.1) is 4.20 Å². The van der Waals surface area contributed by atoms with E-state index in [0.717, 1.165) is 0 Å². The average molecular weight is 144 g/mol. The van der Waals surface area contributed by atoms with Gasteiger partial charge in [-0.3, -0.25) is 4.52 Å². The van der Waals surface area contributed by atoms with Gasteiger partial charge in [-0.1, -0.05) is 0 Å². The third-order valence-corrected chi connectivity index (χ3v) is 1.54. The fourth-order valence-corrected chi connectivity index (χ4v) is 1.04. The number of halogens is 2. The predicted molar refractivity (Wildman–Crippen MR) is 20.6 cm³/mol. The van der Waals surface area contributed by atoms with E-state index in [9.17, 15) is 13.2 Å². The van der Waals surface area contributed by atoms with Crippen LogP contribution in [0.25, 0.3) is 0 Å². The summed E-state index contributed by atoms with van der Waals surface area (Å²) in [5, 5.41) is 0.